The molecular formula is C28H32Cl2N2O4S. The second-order valence-corrected chi connectivity index (χ2v) is 12.1. The predicted octanol–water partition coefficient (Wildman–Crippen LogP) is 6.81. The van der Waals surface area contributed by atoms with E-state index in [0.29, 0.717) is 0 Å². The molecule has 0 aliphatic carbocycles. The second kappa shape index (κ2) is 11.8. The monoisotopic (exact) mass is 562 g/mol. The smallest absolute Gasteiger partial charge is 0.264 e. The van der Waals surface area contributed by atoms with Crippen LogP contribution < -0.4 is 14.4 Å². The number of benzene rings is 3. The zero-order valence-electron chi connectivity index (χ0n) is 21.8. The Morgan fingerprint density at radius 2 is 1.54 bits per heavy atom. The SMILES string of the molecule is COc1cc(C)c(C(C)NC(=O)CN(c2cc(Cl)cc(Cl)c2)S(=O)(=O)c2ccc(C)cc2)cc1C(C)C. The van der Waals surface area contributed by atoms with Crippen LogP contribution in [-0.2, 0) is 14.8 Å². The summed E-state index contributed by atoms with van der Waals surface area (Å²) in [5.41, 5.74) is 4.03. The van der Waals surface area contributed by atoms with Crippen molar-refractivity contribution in [2.75, 3.05) is 18.0 Å². The third kappa shape index (κ3) is 6.78. The van der Waals surface area contributed by atoms with Crippen LogP contribution in [0, 0.1) is 13.8 Å². The molecule has 3 rings (SSSR count). The molecule has 0 radical (unpaired) electrons. The Hall–Kier alpha value is -2.74. The fourth-order valence-corrected chi connectivity index (χ4v) is 6.06. The maximum Gasteiger partial charge on any atom is 0.264 e. The van der Waals surface area contributed by atoms with Crippen LogP contribution in [-0.4, -0.2) is 28.0 Å². The number of methoxy groups -OCH3 is 1. The van der Waals surface area contributed by atoms with Crippen LogP contribution >= 0.6 is 23.2 Å². The summed E-state index contributed by atoms with van der Waals surface area (Å²) in [6.45, 7) is 9.38. The molecule has 1 amide bonds. The van der Waals surface area contributed by atoms with Gasteiger partial charge in [-0.15, -0.1) is 0 Å². The average Bonchev–Trinajstić information content (AvgIpc) is 2.81. The number of anilines is 1. The Labute approximate surface area is 229 Å². The van der Waals surface area contributed by atoms with Crippen molar-refractivity contribution in [3.63, 3.8) is 0 Å². The van der Waals surface area contributed by atoms with E-state index in [9.17, 15) is 13.2 Å². The van der Waals surface area contributed by atoms with Crippen LogP contribution in [0.25, 0.3) is 0 Å². The number of sulfonamides is 1. The number of rotatable bonds is 9. The van der Waals surface area contributed by atoms with E-state index in [1.165, 1.54) is 30.3 Å². The number of carbonyl (C=O) groups excluding carboxylic acids is 1. The molecule has 0 heterocycles. The zero-order valence-corrected chi connectivity index (χ0v) is 24.1. The summed E-state index contributed by atoms with van der Waals surface area (Å²) in [6.07, 6.45) is 0. The lowest BCUT2D eigenvalue weighted by Gasteiger charge is -2.26. The van der Waals surface area contributed by atoms with Crippen molar-refractivity contribution in [2.45, 2.75) is 51.5 Å². The van der Waals surface area contributed by atoms with Crippen LogP contribution in [0.4, 0.5) is 5.69 Å². The molecule has 9 heteroatoms. The third-order valence-corrected chi connectivity index (χ3v) is 8.34. The molecule has 1 atom stereocenters. The number of hydrogen-bond donors (Lipinski definition) is 1. The van der Waals surface area contributed by atoms with Gasteiger partial charge in [-0.2, -0.15) is 0 Å². The fraction of sp³-hybridized carbons (Fsp3) is 0.321. The molecule has 0 spiro atoms. The van der Waals surface area contributed by atoms with Crippen molar-refractivity contribution in [1.82, 2.24) is 5.32 Å². The lowest BCUT2D eigenvalue weighted by Crippen LogP contribution is -2.41. The van der Waals surface area contributed by atoms with Gasteiger partial charge in [-0.05, 0) is 85.8 Å². The molecule has 0 aromatic heterocycles. The zero-order chi connectivity index (χ0) is 27.5. The third-order valence-electron chi connectivity index (χ3n) is 6.12. The lowest BCUT2D eigenvalue weighted by atomic mass is 9.93. The van der Waals surface area contributed by atoms with E-state index in [2.05, 4.69) is 19.2 Å². The largest absolute Gasteiger partial charge is 0.496 e. The van der Waals surface area contributed by atoms with E-state index in [1.54, 1.807) is 19.2 Å². The Morgan fingerprint density at radius 1 is 0.946 bits per heavy atom. The van der Waals surface area contributed by atoms with Crippen molar-refractivity contribution < 1.29 is 17.9 Å². The van der Waals surface area contributed by atoms with Gasteiger partial charge in [0.1, 0.15) is 12.3 Å². The van der Waals surface area contributed by atoms with E-state index >= 15 is 0 Å². The topological polar surface area (TPSA) is 75.7 Å². The molecular weight excluding hydrogens is 531 g/mol. The van der Waals surface area contributed by atoms with Gasteiger partial charge in [-0.3, -0.25) is 9.10 Å². The summed E-state index contributed by atoms with van der Waals surface area (Å²) in [7, 11) is -2.46. The molecule has 6 nitrogen and oxygen atoms in total. The second-order valence-electron chi connectivity index (χ2n) is 9.35. The number of halogens is 2. The summed E-state index contributed by atoms with van der Waals surface area (Å²) in [5, 5.41) is 3.47. The summed E-state index contributed by atoms with van der Waals surface area (Å²) >= 11 is 12.4. The van der Waals surface area contributed by atoms with Gasteiger partial charge >= 0.3 is 0 Å². The van der Waals surface area contributed by atoms with Gasteiger partial charge in [-0.25, -0.2) is 8.42 Å². The first-order chi connectivity index (χ1) is 17.3. The average molecular weight is 564 g/mol. The predicted molar refractivity (Wildman–Crippen MR) is 151 cm³/mol. The molecule has 0 saturated heterocycles. The Kier molecular flexibility index (Phi) is 9.16. The van der Waals surface area contributed by atoms with E-state index in [-0.39, 0.29) is 32.6 Å². The highest BCUT2D eigenvalue weighted by atomic mass is 35.5. The quantitative estimate of drug-likeness (QED) is 0.310. The first-order valence-corrected chi connectivity index (χ1v) is 14.1. The minimum Gasteiger partial charge on any atom is -0.496 e. The van der Waals surface area contributed by atoms with Gasteiger partial charge in [0.25, 0.3) is 10.0 Å². The Bertz CT molecular complexity index is 1370. The number of carbonyl (C=O) groups is 1. The highest BCUT2D eigenvalue weighted by Gasteiger charge is 2.28. The maximum atomic E-state index is 13.6. The molecule has 1 unspecified atom stereocenters. The molecule has 0 aliphatic rings. The molecule has 3 aromatic rings. The number of amides is 1. The standard InChI is InChI=1S/C28H32Cl2N2O4S/c1-17(2)25-15-26(19(4)11-27(25)36-6)20(5)31-28(33)16-32(23-13-21(29)12-22(30)14-23)37(34,35)24-9-7-18(3)8-10-24/h7-15,17,20H,16H2,1-6H3,(H,31,33). The molecule has 1 N–H and O–H groups in total. The van der Waals surface area contributed by atoms with Crippen LogP contribution in [0.15, 0.2) is 59.5 Å². The minimum atomic E-state index is -4.10. The van der Waals surface area contributed by atoms with E-state index in [0.717, 1.165) is 32.3 Å². The minimum absolute atomic E-state index is 0.0580. The number of ether oxygens (including phenoxy) is 1. The molecule has 0 aliphatic heterocycles. The summed E-state index contributed by atoms with van der Waals surface area (Å²) < 4.78 is 33.9. The Balaban J connectivity index is 1.95. The van der Waals surface area contributed by atoms with Gasteiger partial charge in [0, 0.05) is 10.0 Å². The van der Waals surface area contributed by atoms with Gasteiger partial charge < -0.3 is 10.1 Å². The van der Waals surface area contributed by atoms with Crippen LogP contribution in [0.3, 0.4) is 0 Å². The molecule has 37 heavy (non-hydrogen) atoms. The summed E-state index contributed by atoms with van der Waals surface area (Å²) in [4.78, 5) is 13.3. The molecule has 0 fully saturated rings. The van der Waals surface area contributed by atoms with E-state index in [1.807, 2.05) is 32.9 Å². The van der Waals surface area contributed by atoms with Gasteiger partial charge in [0.2, 0.25) is 5.91 Å². The van der Waals surface area contributed by atoms with Crippen molar-refractivity contribution in [1.29, 1.82) is 0 Å². The number of nitrogens with zero attached hydrogens (tertiary/aromatic N) is 1. The van der Waals surface area contributed by atoms with Crippen molar-refractivity contribution in [3.8, 4) is 5.75 Å². The lowest BCUT2D eigenvalue weighted by molar-refractivity contribution is -0.120. The van der Waals surface area contributed by atoms with Crippen molar-refractivity contribution in [2.24, 2.45) is 0 Å². The van der Waals surface area contributed by atoms with Gasteiger partial charge in [-0.1, -0.05) is 54.7 Å². The maximum absolute atomic E-state index is 13.6. The highest BCUT2D eigenvalue weighted by Crippen LogP contribution is 2.33. The number of aryl methyl sites for hydroxylation is 2. The molecule has 3 aromatic carbocycles. The summed E-state index contributed by atoms with van der Waals surface area (Å²) in [6, 6.07) is 14.5. The van der Waals surface area contributed by atoms with Gasteiger partial charge in [0.05, 0.1) is 23.7 Å². The van der Waals surface area contributed by atoms with Crippen LogP contribution in [0.2, 0.25) is 10.0 Å². The fourth-order valence-electron chi connectivity index (χ4n) is 4.14. The first-order valence-electron chi connectivity index (χ1n) is 11.9. The number of hydrogen-bond acceptors (Lipinski definition) is 4. The highest BCUT2D eigenvalue weighted by molar-refractivity contribution is 7.92. The molecule has 0 saturated carbocycles. The van der Waals surface area contributed by atoms with E-state index in [4.69, 9.17) is 27.9 Å². The van der Waals surface area contributed by atoms with Crippen molar-refractivity contribution >= 4 is 44.8 Å². The van der Waals surface area contributed by atoms with Crippen LogP contribution in [0.5, 0.6) is 5.75 Å². The number of nitrogens with one attached hydrogen (secondary N) is 1. The molecule has 198 valence electrons. The normalized spacial score (nSPS) is 12.4. The van der Waals surface area contributed by atoms with Crippen LogP contribution in [0.1, 0.15) is 55.0 Å². The van der Waals surface area contributed by atoms with Gasteiger partial charge in [0.15, 0.2) is 0 Å². The Morgan fingerprint density at radius 3 is 2.08 bits per heavy atom. The first kappa shape index (κ1) is 28.8. The summed E-state index contributed by atoms with van der Waals surface area (Å²) in [5.74, 6) is 0.545. The van der Waals surface area contributed by atoms with E-state index < -0.39 is 22.5 Å². The molecule has 0 bridgehead atoms. The van der Waals surface area contributed by atoms with Crippen molar-refractivity contribution in [3.05, 3.63) is 86.9 Å².